The smallest absolute Gasteiger partial charge is 0.240 e. The average Bonchev–Trinajstić information content (AvgIpc) is 2.60. The summed E-state index contributed by atoms with van der Waals surface area (Å²) < 4.78 is 15.5. The summed E-state index contributed by atoms with van der Waals surface area (Å²) in [6.45, 7) is 0.197. The summed E-state index contributed by atoms with van der Waals surface area (Å²) in [6, 6.07) is 6.14. The first kappa shape index (κ1) is 11.5. The Labute approximate surface area is 105 Å². The van der Waals surface area contributed by atoms with E-state index in [4.69, 9.17) is 11.0 Å². The van der Waals surface area contributed by atoms with E-state index >= 15 is 0 Å². The molecule has 0 bridgehead atoms. The van der Waals surface area contributed by atoms with Crippen LogP contribution in [0.25, 0.3) is 0 Å². The van der Waals surface area contributed by atoms with Crippen molar-refractivity contribution in [3.8, 4) is 6.07 Å². The van der Waals surface area contributed by atoms with Crippen molar-refractivity contribution in [1.29, 1.82) is 5.26 Å². The number of aromatic nitrogens is 3. The van der Waals surface area contributed by atoms with E-state index in [0.29, 0.717) is 10.3 Å². The van der Waals surface area contributed by atoms with Gasteiger partial charge in [0.05, 0.1) is 18.2 Å². The Kier molecular flexibility index (Phi) is 3.06. The lowest BCUT2D eigenvalue weighted by molar-refractivity contribution is 0.580. The van der Waals surface area contributed by atoms with E-state index < -0.39 is 5.82 Å². The molecule has 0 saturated carbocycles. The fourth-order valence-electron chi connectivity index (χ4n) is 1.35. The van der Waals surface area contributed by atoms with E-state index in [0.717, 1.165) is 0 Å². The van der Waals surface area contributed by atoms with Gasteiger partial charge in [0, 0.05) is 5.56 Å². The number of rotatable bonds is 2. The molecule has 1 heterocycles. The van der Waals surface area contributed by atoms with Crippen molar-refractivity contribution in [1.82, 2.24) is 14.8 Å². The Morgan fingerprint density at radius 1 is 1.53 bits per heavy atom. The average molecular weight is 296 g/mol. The molecule has 17 heavy (non-hydrogen) atoms. The van der Waals surface area contributed by atoms with Gasteiger partial charge in [0.15, 0.2) is 4.73 Å². The molecule has 2 N–H and O–H groups in total. The van der Waals surface area contributed by atoms with Crippen LogP contribution in [0.1, 0.15) is 11.1 Å². The first-order valence-corrected chi connectivity index (χ1v) is 5.44. The minimum atomic E-state index is -0.454. The van der Waals surface area contributed by atoms with Gasteiger partial charge in [-0.25, -0.2) is 9.07 Å². The molecular formula is C10H7BrFN5. The molecule has 0 unspecified atom stereocenters. The first-order valence-electron chi connectivity index (χ1n) is 4.64. The minimum absolute atomic E-state index is 0.117. The topological polar surface area (TPSA) is 80.5 Å². The Hall–Kier alpha value is -1.94. The van der Waals surface area contributed by atoms with Gasteiger partial charge in [-0.1, -0.05) is 6.07 Å². The van der Waals surface area contributed by atoms with E-state index in [1.807, 2.05) is 6.07 Å². The van der Waals surface area contributed by atoms with Crippen LogP contribution in [0.4, 0.5) is 10.3 Å². The molecule has 0 radical (unpaired) electrons. The molecule has 2 rings (SSSR count). The van der Waals surface area contributed by atoms with Gasteiger partial charge >= 0.3 is 0 Å². The van der Waals surface area contributed by atoms with Gasteiger partial charge in [-0.2, -0.15) is 10.2 Å². The Morgan fingerprint density at radius 2 is 2.29 bits per heavy atom. The molecule has 0 aliphatic heterocycles. The molecule has 0 atom stereocenters. The van der Waals surface area contributed by atoms with Gasteiger partial charge < -0.3 is 5.73 Å². The maximum absolute atomic E-state index is 13.6. The Morgan fingerprint density at radius 3 is 2.82 bits per heavy atom. The van der Waals surface area contributed by atoms with Crippen molar-refractivity contribution in [3.63, 3.8) is 0 Å². The molecule has 0 fully saturated rings. The highest BCUT2D eigenvalue weighted by Crippen LogP contribution is 2.15. The summed E-state index contributed by atoms with van der Waals surface area (Å²) >= 11 is 3.16. The summed E-state index contributed by atoms with van der Waals surface area (Å²) in [5.74, 6) is -0.337. The van der Waals surface area contributed by atoms with E-state index in [1.54, 1.807) is 6.07 Å². The van der Waals surface area contributed by atoms with Gasteiger partial charge in [-0.05, 0) is 28.1 Å². The molecule has 0 aliphatic carbocycles. The summed E-state index contributed by atoms with van der Waals surface area (Å²) in [4.78, 5) is 3.84. The van der Waals surface area contributed by atoms with E-state index in [2.05, 4.69) is 26.0 Å². The summed E-state index contributed by atoms with van der Waals surface area (Å²) in [5, 5.41) is 12.5. The monoisotopic (exact) mass is 295 g/mol. The number of nitriles is 1. The third-order valence-electron chi connectivity index (χ3n) is 2.15. The van der Waals surface area contributed by atoms with Crippen molar-refractivity contribution >= 4 is 21.9 Å². The normalized spacial score (nSPS) is 10.2. The number of benzene rings is 1. The van der Waals surface area contributed by atoms with Crippen molar-refractivity contribution in [2.45, 2.75) is 6.54 Å². The maximum Gasteiger partial charge on any atom is 0.240 e. The van der Waals surface area contributed by atoms with Crippen LogP contribution < -0.4 is 5.73 Å². The SMILES string of the molecule is N#Cc1ccc(Cn2nc(N)nc2Br)c(F)c1. The van der Waals surface area contributed by atoms with Crippen molar-refractivity contribution in [2.75, 3.05) is 5.73 Å². The second kappa shape index (κ2) is 4.51. The maximum atomic E-state index is 13.6. The Bertz CT molecular complexity index is 601. The Balaban J connectivity index is 2.31. The summed E-state index contributed by atoms with van der Waals surface area (Å²) in [6.07, 6.45) is 0. The van der Waals surface area contributed by atoms with E-state index in [-0.39, 0.29) is 18.1 Å². The highest BCUT2D eigenvalue weighted by atomic mass is 79.9. The van der Waals surface area contributed by atoms with Crippen molar-refractivity contribution in [3.05, 3.63) is 39.9 Å². The van der Waals surface area contributed by atoms with Gasteiger partial charge in [0.25, 0.3) is 0 Å². The van der Waals surface area contributed by atoms with E-state index in [1.165, 1.54) is 16.8 Å². The van der Waals surface area contributed by atoms with Crippen LogP contribution in [0.2, 0.25) is 0 Å². The van der Waals surface area contributed by atoms with Gasteiger partial charge in [-0.15, -0.1) is 5.10 Å². The van der Waals surface area contributed by atoms with Gasteiger partial charge in [0.1, 0.15) is 5.82 Å². The number of nitrogens with zero attached hydrogens (tertiary/aromatic N) is 4. The lowest BCUT2D eigenvalue weighted by Crippen LogP contribution is -2.05. The predicted molar refractivity (Wildman–Crippen MR) is 62.4 cm³/mol. The number of halogens is 2. The molecule has 0 spiro atoms. The molecule has 0 amide bonds. The highest BCUT2D eigenvalue weighted by molar-refractivity contribution is 9.10. The molecule has 0 saturated heterocycles. The third-order valence-corrected chi connectivity index (χ3v) is 2.73. The molecule has 0 aliphatic rings. The lowest BCUT2D eigenvalue weighted by Gasteiger charge is -2.04. The zero-order valence-corrected chi connectivity index (χ0v) is 10.1. The van der Waals surface area contributed by atoms with Crippen LogP contribution in [0.15, 0.2) is 22.9 Å². The molecule has 2 aromatic rings. The van der Waals surface area contributed by atoms with Crippen molar-refractivity contribution in [2.24, 2.45) is 0 Å². The zero-order chi connectivity index (χ0) is 12.4. The van der Waals surface area contributed by atoms with Gasteiger partial charge in [-0.3, -0.25) is 0 Å². The number of nitrogens with two attached hydrogens (primary N) is 1. The quantitative estimate of drug-likeness (QED) is 0.914. The first-order chi connectivity index (χ1) is 8.10. The second-order valence-electron chi connectivity index (χ2n) is 3.31. The van der Waals surface area contributed by atoms with Crippen LogP contribution in [0, 0.1) is 17.1 Å². The lowest BCUT2D eigenvalue weighted by atomic mass is 10.1. The summed E-state index contributed by atoms with van der Waals surface area (Å²) in [7, 11) is 0. The number of hydrogen-bond donors (Lipinski definition) is 1. The number of hydrogen-bond acceptors (Lipinski definition) is 4. The predicted octanol–water partition coefficient (Wildman–Crippen LogP) is 1.68. The second-order valence-corrected chi connectivity index (χ2v) is 4.02. The number of anilines is 1. The molecule has 7 heteroatoms. The van der Waals surface area contributed by atoms with Crippen molar-refractivity contribution < 1.29 is 4.39 Å². The van der Waals surface area contributed by atoms with Crippen LogP contribution in [-0.4, -0.2) is 14.8 Å². The third kappa shape index (κ3) is 2.42. The molecule has 1 aromatic carbocycles. The van der Waals surface area contributed by atoms with Crippen LogP contribution in [0.3, 0.4) is 0 Å². The zero-order valence-electron chi connectivity index (χ0n) is 8.56. The number of nitrogen functional groups attached to an aromatic ring is 1. The standard InChI is InChI=1S/C10H7BrFN5/c11-9-15-10(14)16-17(9)5-7-2-1-6(4-13)3-8(7)12/h1-3H,5H2,(H2,14,16). The fourth-order valence-corrected chi connectivity index (χ4v) is 1.73. The highest BCUT2D eigenvalue weighted by Gasteiger charge is 2.09. The fraction of sp³-hybridized carbons (Fsp3) is 0.100. The van der Waals surface area contributed by atoms with Crippen LogP contribution in [0.5, 0.6) is 0 Å². The molecular weight excluding hydrogens is 289 g/mol. The van der Waals surface area contributed by atoms with Crippen LogP contribution >= 0.6 is 15.9 Å². The largest absolute Gasteiger partial charge is 0.366 e. The molecule has 86 valence electrons. The molecule has 1 aromatic heterocycles. The van der Waals surface area contributed by atoms with Crippen LogP contribution in [-0.2, 0) is 6.54 Å². The van der Waals surface area contributed by atoms with Gasteiger partial charge in [0.2, 0.25) is 5.95 Å². The van der Waals surface area contributed by atoms with E-state index in [9.17, 15) is 4.39 Å². The summed E-state index contributed by atoms with van der Waals surface area (Å²) in [5.41, 5.74) is 6.10. The minimum Gasteiger partial charge on any atom is -0.366 e. The molecule has 5 nitrogen and oxygen atoms in total.